The highest BCUT2D eigenvalue weighted by atomic mass is 32.2. The van der Waals surface area contributed by atoms with Gasteiger partial charge in [0.15, 0.2) is 0 Å². The lowest BCUT2D eigenvalue weighted by Crippen LogP contribution is -2.41. The van der Waals surface area contributed by atoms with Gasteiger partial charge in [0.2, 0.25) is 0 Å². The van der Waals surface area contributed by atoms with E-state index in [2.05, 4.69) is 10.0 Å². The van der Waals surface area contributed by atoms with Crippen LogP contribution < -0.4 is 20.5 Å². The van der Waals surface area contributed by atoms with E-state index in [0.717, 1.165) is 12.8 Å². The average molecular weight is 389 g/mol. The van der Waals surface area contributed by atoms with Gasteiger partial charge in [-0.1, -0.05) is 6.07 Å². The minimum atomic E-state index is -3.82. The number of anilines is 1. The van der Waals surface area contributed by atoms with Crippen LogP contribution in [0.4, 0.5) is 5.69 Å². The molecule has 1 saturated carbocycles. The second-order valence-corrected chi connectivity index (χ2v) is 8.20. The first-order valence-electron chi connectivity index (χ1n) is 8.71. The number of rotatable bonds is 8. The zero-order chi connectivity index (χ0) is 19.4. The van der Waals surface area contributed by atoms with E-state index in [1.807, 2.05) is 0 Å². The Morgan fingerprint density at radius 1 is 1.22 bits per heavy atom. The highest BCUT2D eigenvalue weighted by molar-refractivity contribution is 7.92. The summed E-state index contributed by atoms with van der Waals surface area (Å²) in [4.78, 5) is 12.5. The van der Waals surface area contributed by atoms with E-state index < -0.39 is 10.0 Å². The molecule has 1 aliphatic carbocycles. The summed E-state index contributed by atoms with van der Waals surface area (Å²) < 4.78 is 32.8. The Morgan fingerprint density at radius 3 is 2.52 bits per heavy atom. The third-order valence-corrected chi connectivity index (χ3v) is 5.89. The van der Waals surface area contributed by atoms with Crippen molar-refractivity contribution in [3.05, 3.63) is 54.1 Å². The lowest BCUT2D eigenvalue weighted by atomic mass is 10.1. The van der Waals surface area contributed by atoms with E-state index in [1.165, 1.54) is 19.2 Å². The Balaban J connectivity index is 1.75. The molecule has 0 heterocycles. The third-order valence-electron chi connectivity index (χ3n) is 4.51. The van der Waals surface area contributed by atoms with Crippen molar-refractivity contribution >= 4 is 21.6 Å². The maximum Gasteiger partial charge on any atom is 0.261 e. The number of hydrogen-bond donors (Lipinski definition) is 3. The SMILES string of the molecule is COc1ccc(NS(=O)(=O)c2cccc(C(=O)NC(CN)C3CC3)c2)cc1. The lowest BCUT2D eigenvalue weighted by Gasteiger charge is -2.16. The van der Waals surface area contributed by atoms with Crippen molar-refractivity contribution in [2.24, 2.45) is 11.7 Å². The van der Waals surface area contributed by atoms with E-state index >= 15 is 0 Å². The molecule has 0 spiro atoms. The van der Waals surface area contributed by atoms with Crippen molar-refractivity contribution < 1.29 is 17.9 Å². The van der Waals surface area contributed by atoms with Crippen LogP contribution in [-0.4, -0.2) is 34.0 Å². The quantitative estimate of drug-likeness (QED) is 0.639. The summed E-state index contributed by atoms with van der Waals surface area (Å²) in [6.45, 7) is 0.368. The van der Waals surface area contributed by atoms with E-state index in [9.17, 15) is 13.2 Å². The molecule has 144 valence electrons. The smallest absolute Gasteiger partial charge is 0.261 e. The highest BCUT2D eigenvalue weighted by Gasteiger charge is 2.31. The summed E-state index contributed by atoms with van der Waals surface area (Å²) in [7, 11) is -2.29. The number of nitrogens with one attached hydrogen (secondary N) is 2. The standard InChI is InChI=1S/C19H23N3O4S/c1-26-16-9-7-15(8-10-16)22-27(24,25)17-4-2-3-14(11-17)19(23)21-18(12-20)13-5-6-13/h2-4,7-11,13,18,22H,5-6,12,20H2,1H3,(H,21,23). The van der Waals surface area contributed by atoms with Crippen LogP contribution in [0.15, 0.2) is 53.4 Å². The number of ether oxygens (including phenoxy) is 1. The van der Waals surface area contributed by atoms with Gasteiger partial charge in [0.25, 0.3) is 15.9 Å². The maximum absolute atomic E-state index is 12.6. The number of amides is 1. The molecule has 0 aromatic heterocycles. The maximum atomic E-state index is 12.6. The van der Waals surface area contributed by atoms with Gasteiger partial charge in [0.1, 0.15) is 5.75 Å². The molecule has 27 heavy (non-hydrogen) atoms. The number of carbonyl (C=O) groups is 1. The molecule has 3 rings (SSSR count). The van der Waals surface area contributed by atoms with Crippen molar-refractivity contribution in [3.8, 4) is 5.75 Å². The molecule has 0 saturated heterocycles. The van der Waals surface area contributed by atoms with Crippen LogP contribution >= 0.6 is 0 Å². The minimum absolute atomic E-state index is 0.0155. The largest absolute Gasteiger partial charge is 0.497 e. The van der Waals surface area contributed by atoms with Crippen LogP contribution in [-0.2, 0) is 10.0 Å². The third kappa shape index (κ3) is 4.78. The Bertz CT molecular complexity index is 909. The first kappa shape index (κ1) is 19.2. The fourth-order valence-electron chi connectivity index (χ4n) is 2.80. The number of hydrogen-bond acceptors (Lipinski definition) is 5. The predicted molar refractivity (Wildman–Crippen MR) is 103 cm³/mol. The Morgan fingerprint density at radius 2 is 1.93 bits per heavy atom. The van der Waals surface area contributed by atoms with Gasteiger partial charge in [-0.2, -0.15) is 0 Å². The second-order valence-electron chi connectivity index (χ2n) is 6.51. The fraction of sp³-hybridized carbons (Fsp3) is 0.316. The van der Waals surface area contributed by atoms with E-state index in [4.69, 9.17) is 10.5 Å². The number of benzene rings is 2. The highest BCUT2D eigenvalue weighted by Crippen LogP contribution is 2.32. The topological polar surface area (TPSA) is 111 Å². The first-order chi connectivity index (χ1) is 12.9. The Hall–Kier alpha value is -2.58. The second kappa shape index (κ2) is 7.98. The van der Waals surface area contributed by atoms with Gasteiger partial charge in [-0.15, -0.1) is 0 Å². The van der Waals surface area contributed by atoms with Gasteiger partial charge in [-0.05, 0) is 61.2 Å². The summed E-state index contributed by atoms with van der Waals surface area (Å²) in [5, 5.41) is 2.89. The van der Waals surface area contributed by atoms with Gasteiger partial charge in [0, 0.05) is 23.8 Å². The van der Waals surface area contributed by atoms with Crippen molar-refractivity contribution in [1.82, 2.24) is 5.32 Å². The molecule has 1 unspecified atom stereocenters. The number of methoxy groups -OCH3 is 1. The average Bonchev–Trinajstić information content (AvgIpc) is 3.51. The molecule has 4 N–H and O–H groups in total. The van der Waals surface area contributed by atoms with Gasteiger partial charge in [-0.25, -0.2) is 8.42 Å². The zero-order valence-electron chi connectivity index (χ0n) is 15.0. The molecular weight excluding hydrogens is 366 g/mol. The molecule has 1 aliphatic rings. The van der Waals surface area contributed by atoms with Gasteiger partial charge in [0.05, 0.1) is 12.0 Å². The van der Waals surface area contributed by atoms with Gasteiger partial charge in [-0.3, -0.25) is 9.52 Å². The van der Waals surface area contributed by atoms with Crippen LogP contribution in [0.5, 0.6) is 5.75 Å². The summed E-state index contributed by atoms with van der Waals surface area (Å²) >= 11 is 0. The normalized spacial score (nSPS) is 15.0. The lowest BCUT2D eigenvalue weighted by molar-refractivity contribution is 0.0933. The predicted octanol–water partition coefficient (Wildman–Crippen LogP) is 1.96. The molecule has 0 radical (unpaired) electrons. The first-order valence-corrected chi connectivity index (χ1v) is 10.2. The van der Waals surface area contributed by atoms with Crippen LogP contribution in [0.3, 0.4) is 0 Å². The molecule has 0 aliphatic heterocycles. The molecule has 2 aromatic carbocycles. The molecule has 0 bridgehead atoms. The Labute approximate surface area is 159 Å². The fourth-order valence-corrected chi connectivity index (χ4v) is 3.90. The van der Waals surface area contributed by atoms with Crippen molar-refractivity contribution in [2.75, 3.05) is 18.4 Å². The van der Waals surface area contributed by atoms with E-state index in [0.29, 0.717) is 23.9 Å². The van der Waals surface area contributed by atoms with Crippen molar-refractivity contribution in [3.63, 3.8) is 0 Å². The summed E-state index contributed by atoms with van der Waals surface area (Å²) in [5.41, 5.74) is 6.41. The molecule has 8 heteroatoms. The monoisotopic (exact) mass is 389 g/mol. The molecule has 1 atom stereocenters. The van der Waals surface area contributed by atoms with Crippen LogP contribution in [0.1, 0.15) is 23.2 Å². The van der Waals surface area contributed by atoms with E-state index in [-0.39, 0.29) is 22.4 Å². The number of sulfonamides is 1. The molecular formula is C19H23N3O4S. The summed E-state index contributed by atoms with van der Waals surface area (Å²) in [5.74, 6) is 0.725. The number of nitrogens with two attached hydrogens (primary N) is 1. The van der Waals surface area contributed by atoms with Gasteiger partial charge < -0.3 is 15.8 Å². The molecule has 1 fully saturated rings. The van der Waals surface area contributed by atoms with Crippen molar-refractivity contribution in [1.29, 1.82) is 0 Å². The molecule has 2 aromatic rings. The van der Waals surface area contributed by atoms with Gasteiger partial charge >= 0.3 is 0 Å². The zero-order valence-corrected chi connectivity index (χ0v) is 15.8. The summed E-state index contributed by atoms with van der Waals surface area (Å²) in [6.07, 6.45) is 2.12. The summed E-state index contributed by atoms with van der Waals surface area (Å²) in [6, 6.07) is 12.4. The minimum Gasteiger partial charge on any atom is -0.497 e. The van der Waals surface area contributed by atoms with Crippen LogP contribution in [0.2, 0.25) is 0 Å². The molecule has 7 nitrogen and oxygen atoms in total. The van der Waals surface area contributed by atoms with Crippen LogP contribution in [0, 0.1) is 5.92 Å². The van der Waals surface area contributed by atoms with E-state index in [1.54, 1.807) is 36.4 Å². The van der Waals surface area contributed by atoms with Crippen LogP contribution in [0.25, 0.3) is 0 Å². The Kier molecular flexibility index (Phi) is 5.67. The molecule has 1 amide bonds. The number of carbonyl (C=O) groups excluding carboxylic acids is 1. The van der Waals surface area contributed by atoms with Crippen molar-refractivity contribution in [2.45, 2.75) is 23.8 Å².